The molecule has 0 amide bonds. The van der Waals surface area contributed by atoms with Gasteiger partial charge < -0.3 is 9.47 Å². The minimum absolute atomic E-state index is 0.100. The number of allylic oxidation sites excluding steroid dienone is 1. The molecule has 1 aliphatic carbocycles. The molecule has 0 aromatic carbocycles. The van der Waals surface area contributed by atoms with Crippen molar-refractivity contribution in [3.8, 4) is 0 Å². The van der Waals surface area contributed by atoms with Gasteiger partial charge in [-0.1, -0.05) is 19.3 Å². The molecule has 0 bridgehead atoms. The molecule has 1 fully saturated rings. The summed E-state index contributed by atoms with van der Waals surface area (Å²) in [5.41, 5.74) is 0. The molecule has 0 radical (unpaired) electrons. The normalized spacial score (nSPS) is 20.7. The average molecular weight is 291 g/mol. The number of carbonyl (C=O) groups is 2. The van der Waals surface area contributed by atoms with Crippen molar-refractivity contribution in [2.24, 2.45) is 10.9 Å². The Hall–Kier alpha value is -1.91. The van der Waals surface area contributed by atoms with E-state index in [4.69, 9.17) is 9.47 Å². The van der Waals surface area contributed by atoms with Crippen molar-refractivity contribution in [2.75, 3.05) is 6.61 Å². The van der Waals surface area contributed by atoms with Gasteiger partial charge in [0.1, 0.15) is 24.6 Å². The van der Waals surface area contributed by atoms with Crippen molar-refractivity contribution in [1.82, 2.24) is 0 Å². The summed E-state index contributed by atoms with van der Waals surface area (Å²) in [6.07, 6.45) is 11.1. The van der Waals surface area contributed by atoms with Crippen molar-refractivity contribution in [3.63, 3.8) is 0 Å². The molecule has 0 spiro atoms. The second-order valence-electron chi connectivity index (χ2n) is 5.36. The van der Waals surface area contributed by atoms with Crippen LogP contribution in [0.25, 0.3) is 0 Å². The Balaban J connectivity index is 1.81. The lowest BCUT2D eigenvalue weighted by atomic mass is 9.84. The summed E-state index contributed by atoms with van der Waals surface area (Å²) in [4.78, 5) is 27.8. The standard InChI is InChI=1S/C16H21NO4/c1-12(16(19)13-5-3-2-4-6-13)17-11-15(18)21-14-7-9-20-10-8-14/h7-9,11-13H,2-6,10H2,1H3/t12-/m0/s1. The molecule has 114 valence electrons. The first-order valence-electron chi connectivity index (χ1n) is 7.44. The Morgan fingerprint density at radius 1 is 1.38 bits per heavy atom. The molecule has 0 N–H and O–H groups in total. The molecular formula is C16H21NO4. The number of rotatable bonds is 5. The maximum absolute atomic E-state index is 12.2. The van der Waals surface area contributed by atoms with Crippen LogP contribution < -0.4 is 0 Å². The molecule has 1 heterocycles. The van der Waals surface area contributed by atoms with Crippen LogP contribution in [0.3, 0.4) is 0 Å². The Morgan fingerprint density at radius 3 is 2.81 bits per heavy atom. The van der Waals surface area contributed by atoms with Gasteiger partial charge in [0.05, 0.1) is 6.26 Å². The van der Waals surface area contributed by atoms with E-state index in [1.807, 2.05) is 0 Å². The Morgan fingerprint density at radius 2 is 2.14 bits per heavy atom. The van der Waals surface area contributed by atoms with Gasteiger partial charge in [-0.2, -0.15) is 0 Å². The maximum Gasteiger partial charge on any atom is 0.354 e. The van der Waals surface area contributed by atoms with Gasteiger partial charge >= 0.3 is 5.97 Å². The van der Waals surface area contributed by atoms with Crippen LogP contribution in [-0.2, 0) is 19.1 Å². The number of hydrogen-bond donors (Lipinski definition) is 0. The monoisotopic (exact) mass is 291 g/mol. The van der Waals surface area contributed by atoms with Gasteiger partial charge in [0.25, 0.3) is 0 Å². The second kappa shape index (κ2) is 7.76. The summed E-state index contributed by atoms with van der Waals surface area (Å²) < 4.78 is 10.0. The third-order valence-electron chi connectivity index (χ3n) is 3.75. The van der Waals surface area contributed by atoms with E-state index in [1.165, 1.54) is 12.7 Å². The summed E-state index contributed by atoms with van der Waals surface area (Å²) >= 11 is 0. The smallest absolute Gasteiger partial charge is 0.354 e. The molecule has 2 rings (SSSR count). The van der Waals surface area contributed by atoms with E-state index in [2.05, 4.69) is 4.99 Å². The van der Waals surface area contributed by atoms with Crippen LogP contribution in [0.5, 0.6) is 0 Å². The lowest BCUT2D eigenvalue weighted by Crippen LogP contribution is -2.26. The lowest BCUT2D eigenvalue weighted by Gasteiger charge is -2.21. The topological polar surface area (TPSA) is 65.0 Å². The Bertz CT molecular complexity index is 473. The zero-order valence-corrected chi connectivity index (χ0v) is 12.3. The first-order valence-corrected chi connectivity index (χ1v) is 7.44. The van der Waals surface area contributed by atoms with Crippen molar-refractivity contribution < 1.29 is 19.1 Å². The van der Waals surface area contributed by atoms with Crippen LogP contribution >= 0.6 is 0 Å². The molecular weight excluding hydrogens is 270 g/mol. The molecule has 2 aliphatic rings. The summed E-state index contributed by atoms with van der Waals surface area (Å²) in [6, 6.07) is -0.486. The number of ether oxygens (including phenoxy) is 2. The summed E-state index contributed by atoms with van der Waals surface area (Å²) in [6.45, 7) is 2.11. The van der Waals surface area contributed by atoms with Crippen LogP contribution in [0, 0.1) is 5.92 Å². The van der Waals surface area contributed by atoms with Gasteiger partial charge in [-0.25, -0.2) is 4.79 Å². The number of nitrogens with zero attached hydrogens (tertiary/aromatic N) is 1. The fraction of sp³-hybridized carbons (Fsp3) is 0.562. The van der Waals surface area contributed by atoms with Gasteiger partial charge in [0.2, 0.25) is 0 Å². The second-order valence-corrected chi connectivity index (χ2v) is 5.36. The molecule has 0 saturated heterocycles. The molecule has 0 unspecified atom stereocenters. The highest BCUT2D eigenvalue weighted by Crippen LogP contribution is 2.25. The number of carbonyl (C=O) groups excluding carboxylic acids is 2. The number of aliphatic imine (C=N–C) groups is 1. The molecule has 0 aromatic rings. The molecule has 21 heavy (non-hydrogen) atoms. The van der Waals surface area contributed by atoms with Crippen LogP contribution in [0.4, 0.5) is 0 Å². The predicted octanol–water partition coefficient (Wildman–Crippen LogP) is 2.57. The minimum Gasteiger partial charge on any atom is -0.497 e. The molecule has 0 aromatic heterocycles. The third kappa shape index (κ3) is 4.85. The first kappa shape index (κ1) is 15.5. The van der Waals surface area contributed by atoms with Gasteiger partial charge in [0, 0.05) is 12.0 Å². The maximum atomic E-state index is 12.2. The predicted molar refractivity (Wildman–Crippen MR) is 78.8 cm³/mol. The van der Waals surface area contributed by atoms with E-state index in [0.717, 1.165) is 31.9 Å². The summed E-state index contributed by atoms with van der Waals surface area (Å²) in [5, 5.41) is 0. The highest BCUT2D eigenvalue weighted by molar-refractivity contribution is 6.23. The number of esters is 1. The van der Waals surface area contributed by atoms with Crippen molar-refractivity contribution in [2.45, 2.75) is 45.1 Å². The fourth-order valence-electron chi connectivity index (χ4n) is 2.56. The van der Waals surface area contributed by atoms with Crippen molar-refractivity contribution in [1.29, 1.82) is 0 Å². The number of ketones is 1. The molecule has 5 nitrogen and oxygen atoms in total. The van der Waals surface area contributed by atoms with Crippen LogP contribution in [0.15, 0.2) is 29.2 Å². The zero-order chi connectivity index (χ0) is 15.1. The highest BCUT2D eigenvalue weighted by Gasteiger charge is 2.25. The van der Waals surface area contributed by atoms with Crippen LogP contribution in [-0.4, -0.2) is 30.6 Å². The molecule has 5 heteroatoms. The summed E-state index contributed by atoms with van der Waals surface area (Å²) in [7, 11) is 0. The average Bonchev–Trinajstić information content (AvgIpc) is 2.53. The van der Waals surface area contributed by atoms with Crippen molar-refractivity contribution >= 4 is 18.0 Å². The zero-order valence-electron chi connectivity index (χ0n) is 12.3. The number of hydrogen-bond acceptors (Lipinski definition) is 5. The van der Waals surface area contributed by atoms with Crippen LogP contribution in [0.1, 0.15) is 39.0 Å². The van der Waals surface area contributed by atoms with E-state index in [9.17, 15) is 9.59 Å². The van der Waals surface area contributed by atoms with E-state index < -0.39 is 12.0 Å². The SMILES string of the molecule is C[C@H](N=CC(=O)OC1=CCOC=C1)C(=O)C1CCCCC1. The molecule has 1 aliphatic heterocycles. The van der Waals surface area contributed by atoms with Gasteiger partial charge in [-0.15, -0.1) is 0 Å². The van der Waals surface area contributed by atoms with Crippen LogP contribution in [0.2, 0.25) is 0 Å². The van der Waals surface area contributed by atoms with Gasteiger partial charge in [-0.3, -0.25) is 9.79 Å². The lowest BCUT2D eigenvalue weighted by molar-refractivity contribution is -0.130. The first-order chi connectivity index (χ1) is 10.2. The third-order valence-corrected chi connectivity index (χ3v) is 3.75. The summed E-state index contributed by atoms with van der Waals surface area (Å²) in [5.74, 6) is 0.0898. The quantitative estimate of drug-likeness (QED) is 0.577. The van der Waals surface area contributed by atoms with Gasteiger partial charge in [-0.05, 0) is 25.8 Å². The van der Waals surface area contributed by atoms with E-state index in [-0.39, 0.29) is 11.7 Å². The number of Topliss-reactive ketones (excluding diaryl/α,β-unsaturated/α-hetero) is 1. The minimum atomic E-state index is -0.573. The van der Waals surface area contributed by atoms with E-state index in [0.29, 0.717) is 12.4 Å². The van der Waals surface area contributed by atoms with E-state index in [1.54, 1.807) is 19.1 Å². The van der Waals surface area contributed by atoms with Gasteiger partial charge in [0.15, 0.2) is 5.78 Å². The highest BCUT2D eigenvalue weighted by atomic mass is 16.5. The molecule has 1 saturated carbocycles. The Kier molecular flexibility index (Phi) is 5.72. The Labute approximate surface area is 124 Å². The molecule has 1 atom stereocenters. The van der Waals surface area contributed by atoms with Crippen molar-refractivity contribution in [3.05, 3.63) is 24.2 Å². The largest absolute Gasteiger partial charge is 0.497 e. The van der Waals surface area contributed by atoms with E-state index >= 15 is 0 Å². The fourth-order valence-corrected chi connectivity index (χ4v) is 2.56.